The van der Waals surface area contributed by atoms with Crippen LogP contribution in [-0.4, -0.2) is 29.0 Å². The number of anilines is 2. The van der Waals surface area contributed by atoms with E-state index in [0.29, 0.717) is 18.8 Å². The van der Waals surface area contributed by atoms with E-state index in [-0.39, 0.29) is 12.8 Å². The molecule has 4 nitrogen and oxygen atoms in total. The number of nitrogens with two attached hydrogens (primary N) is 1. The van der Waals surface area contributed by atoms with Crippen molar-refractivity contribution < 1.29 is 13.2 Å². The minimum Gasteiger partial charge on any atom is -0.394 e. The Balaban J connectivity index is 2.14. The number of hydrogen-bond donors (Lipinski definition) is 1. The number of nitrogens with zero attached hydrogens (tertiary/aromatic N) is 3. The van der Waals surface area contributed by atoms with Crippen molar-refractivity contribution in [1.82, 2.24) is 9.78 Å². The van der Waals surface area contributed by atoms with Crippen LogP contribution in [-0.2, 0) is 6.54 Å². The summed E-state index contributed by atoms with van der Waals surface area (Å²) < 4.78 is 39.9. The van der Waals surface area contributed by atoms with Crippen LogP contribution in [0, 0.1) is 12.8 Å². The third-order valence-corrected chi connectivity index (χ3v) is 3.84. The molecule has 2 N–H and O–H groups in total. The van der Waals surface area contributed by atoms with Crippen LogP contribution in [0.2, 0.25) is 0 Å². The topological polar surface area (TPSA) is 47.1 Å². The van der Waals surface area contributed by atoms with Crippen LogP contribution in [0.3, 0.4) is 0 Å². The maximum absolute atomic E-state index is 12.7. The zero-order valence-corrected chi connectivity index (χ0v) is 11.9. The van der Waals surface area contributed by atoms with Gasteiger partial charge in [0.05, 0.1) is 17.3 Å². The first-order valence-electron chi connectivity index (χ1n) is 6.99. The second-order valence-electron chi connectivity index (χ2n) is 5.35. The number of rotatable bonds is 3. The van der Waals surface area contributed by atoms with Gasteiger partial charge in [-0.2, -0.15) is 18.3 Å². The number of nitrogen functional groups attached to an aromatic ring is 1. The third kappa shape index (κ3) is 2.86. The average Bonchev–Trinajstić information content (AvgIpc) is 2.65. The molecular formula is C13H21F3N4. The van der Waals surface area contributed by atoms with Crippen LogP contribution in [0.5, 0.6) is 0 Å². The molecule has 1 aromatic heterocycles. The summed E-state index contributed by atoms with van der Waals surface area (Å²) >= 11 is 0. The molecule has 0 aliphatic carbocycles. The van der Waals surface area contributed by atoms with Gasteiger partial charge in [0.1, 0.15) is 0 Å². The zero-order chi connectivity index (χ0) is 14.9. The van der Waals surface area contributed by atoms with Gasteiger partial charge >= 0.3 is 6.18 Å². The highest BCUT2D eigenvalue weighted by atomic mass is 19.4. The second-order valence-corrected chi connectivity index (χ2v) is 5.35. The Labute approximate surface area is 116 Å². The van der Waals surface area contributed by atoms with Gasteiger partial charge in [-0.05, 0) is 26.2 Å². The summed E-state index contributed by atoms with van der Waals surface area (Å²) in [5, 5.41) is 4.37. The molecule has 1 fully saturated rings. The number of alkyl halides is 3. The van der Waals surface area contributed by atoms with E-state index in [1.54, 1.807) is 0 Å². The smallest absolute Gasteiger partial charge is 0.391 e. The van der Waals surface area contributed by atoms with E-state index in [2.05, 4.69) is 5.10 Å². The molecule has 1 aliphatic rings. The van der Waals surface area contributed by atoms with Gasteiger partial charge in [-0.15, -0.1) is 0 Å². The minimum atomic E-state index is -4.09. The Bertz CT molecular complexity index is 459. The summed E-state index contributed by atoms with van der Waals surface area (Å²) in [6.07, 6.45) is -2.93. The molecule has 1 aliphatic heterocycles. The Morgan fingerprint density at radius 2 is 1.90 bits per heavy atom. The van der Waals surface area contributed by atoms with Gasteiger partial charge in [0.25, 0.3) is 0 Å². The van der Waals surface area contributed by atoms with E-state index in [0.717, 1.165) is 24.5 Å². The Morgan fingerprint density at radius 3 is 2.40 bits per heavy atom. The van der Waals surface area contributed by atoms with Crippen LogP contribution in [0.15, 0.2) is 0 Å². The number of piperidine rings is 1. The third-order valence-electron chi connectivity index (χ3n) is 3.84. The Hall–Kier alpha value is -1.40. The van der Waals surface area contributed by atoms with Crippen LogP contribution < -0.4 is 10.6 Å². The second kappa shape index (κ2) is 5.54. The Kier molecular flexibility index (Phi) is 4.15. The molecule has 0 saturated carbocycles. The lowest BCUT2D eigenvalue weighted by atomic mass is 9.96. The van der Waals surface area contributed by atoms with Crippen LogP contribution in [0.4, 0.5) is 24.7 Å². The normalized spacial score (nSPS) is 17.8. The van der Waals surface area contributed by atoms with Gasteiger partial charge < -0.3 is 10.6 Å². The number of aryl methyl sites for hydroxylation is 2. The largest absolute Gasteiger partial charge is 0.394 e. The summed E-state index contributed by atoms with van der Waals surface area (Å²) in [6, 6.07) is 0. The lowest BCUT2D eigenvalue weighted by Gasteiger charge is -2.34. The van der Waals surface area contributed by atoms with Crippen molar-refractivity contribution in [1.29, 1.82) is 0 Å². The first-order chi connectivity index (χ1) is 9.34. The van der Waals surface area contributed by atoms with E-state index in [9.17, 15) is 13.2 Å². The highest BCUT2D eigenvalue weighted by Gasteiger charge is 2.41. The van der Waals surface area contributed by atoms with E-state index in [1.165, 1.54) is 0 Å². The number of hydrogen-bond acceptors (Lipinski definition) is 3. The molecule has 1 saturated heterocycles. The predicted octanol–water partition coefficient (Wildman–Crippen LogP) is 2.96. The van der Waals surface area contributed by atoms with Crippen LogP contribution in [0.1, 0.15) is 31.9 Å². The van der Waals surface area contributed by atoms with Crippen molar-refractivity contribution in [2.24, 2.45) is 5.92 Å². The molecule has 20 heavy (non-hydrogen) atoms. The molecule has 0 unspecified atom stereocenters. The fourth-order valence-corrected chi connectivity index (χ4v) is 2.70. The quantitative estimate of drug-likeness (QED) is 0.931. The average molecular weight is 290 g/mol. The van der Waals surface area contributed by atoms with Crippen molar-refractivity contribution in [2.45, 2.75) is 45.8 Å². The molecule has 1 aromatic rings. The highest BCUT2D eigenvalue weighted by molar-refractivity contribution is 5.66. The van der Waals surface area contributed by atoms with E-state index in [1.807, 2.05) is 23.4 Å². The van der Waals surface area contributed by atoms with Crippen LogP contribution in [0.25, 0.3) is 0 Å². The van der Waals surface area contributed by atoms with Gasteiger partial charge in [0, 0.05) is 19.6 Å². The van der Waals surface area contributed by atoms with Crippen molar-refractivity contribution in [3.05, 3.63) is 5.69 Å². The molecule has 114 valence electrons. The first-order valence-corrected chi connectivity index (χ1v) is 6.99. The van der Waals surface area contributed by atoms with E-state index < -0.39 is 12.1 Å². The SMILES string of the molecule is CCCn1nc(C)c(N)c1N1CCC(C(F)(F)F)CC1. The monoisotopic (exact) mass is 290 g/mol. The maximum Gasteiger partial charge on any atom is 0.391 e. The van der Waals surface area contributed by atoms with E-state index >= 15 is 0 Å². The van der Waals surface area contributed by atoms with Crippen molar-refractivity contribution in [2.75, 3.05) is 23.7 Å². The number of aromatic nitrogens is 2. The van der Waals surface area contributed by atoms with Gasteiger partial charge in [-0.25, -0.2) is 4.68 Å². The highest BCUT2D eigenvalue weighted by Crippen LogP contribution is 2.37. The van der Waals surface area contributed by atoms with E-state index in [4.69, 9.17) is 5.73 Å². The molecule has 0 amide bonds. The summed E-state index contributed by atoms with van der Waals surface area (Å²) in [7, 11) is 0. The molecule has 7 heteroatoms. The lowest BCUT2D eigenvalue weighted by molar-refractivity contribution is -0.179. The maximum atomic E-state index is 12.7. The summed E-state index contributed by atoms with van der Waals surface area (Å²) in [4.78, 5) is 1.94. The lowest BCUT2D eigenvalue weighted by Crippen LogP contribution is -2.40. The molecule has 0 spiro atoms. The van der Waals surface area contributed by atoms with Gasteiger partial charge in [-0.3, -0.25) is 0 Å². The zero-order valence-electron chi connectivity index (χ0n) is 11.9. The fraction of sp³-hybridized carbons (Fsp3) is 0.769. The van der Waals surface area contributed by atoms with Crippen molar-refractivity contribution in [3.8, 4) is 0 Å². The molecular weight excluding hydrogens is 269 g/mol. The van der Waals surface area contributed by atoms with Crippen molar-refractivity contribution in [3.63, 3.8) is 0 Å². The van der Waals surface area contributed by atoms with Crippen LogP contribution >= 0.6 is 0 Å². The first kappa shape index (κ1) is 15.0. The molecule has 0 aromatic carbocycles. The summed E-state index contributed by atoms with van der Waals surface area (Å²) in [5.41, 5.74) is 7.37. The summed E-state index contributed by atoms with van der Waals surface area (Å²) in [5.74, 6) is -0.409. The van der Waals surface area contributed by atoms with Gasteiger partial charge in [-0.1, -0.05) is 6.92 Å². The predicted molar refractivity (Wildman–Crippen MR) is 72.7 cm³/mol. The Morgan fingerprint density at radius 1 is 1.30 bits per heavy atom. The molecule has 0 atom stereocenters. The molecule has 2 rings (SSSR count). The molecule has 0 bridgehead atoms. The molecule has 2 heterocycles. The fourth-order valence-electron chi connectivity index (χ4n) is 2.70. The number of halogens is 3. The van der Waals surface area contributed by atoms with Crippen molar-refractivity contribution >= 4 is 11.5 Å². The van der Waals surface area contributed by atoms with Gasteiger partial charge in [0.15, 0.2) is 5.82 Å². The standard InChI is InChI=1S/C13H21F3N4/c1-3-6-20-12(11(17)9(2)18-20)19-7-4-10(5-8-19)13(14,15)16/h10H,3-8,17H2,1-2H3. The summed E-state index contributed by atoms with van der Waals surface area (Å²) in [6.45, 7) is 5.35. The minimum absolute atomic E-state index is 0.124. The molecule has 0 radical (unpaired) electrons. The van der Waals surface area contributed by atoms with Gasteiger partial charge in [0.2, 0.25) is 0 Å².